The maximum Gasteiger partial charge on any atom is 0.160 e. The van der Waals surface area contributed by atoms with Crippen molar-refractivity contribution in [3.63, 3.8) is 0 Å². The Morgan fingerprint density at radius 3 is 2.71 bits per heavy atom. The van der Waals surface area contributed by atoms with E-state index in [1.54, 1.807) is 6.07 Å². The molecule has 0 aliphatic carbocycles. The summed E-state index contributed by atoms with van der Waals surface area (Å²) in [5, 5.41) is 3.91. The van der Waals surface area contributed by atoms with Crippen LogP contribution >= 0.6 is 0 Å². The van der Waals surface area contributed by atoms with Crippen LogP contribution < -0.4 is 16.8 Å². The molecule has 2 heterocycles. The summed E-state index contributed by atoms with van der Waals surface area (Å²) in [4.78, 5) is 7.47. The van der Waals surface area contributed by atoms with E-state index in [1.807, 2.05) is 0 Å². The monoisotopic (exact) mass is 392 g/mol. The van der Waals surface area contributed by atoms with Crippen LogP contribution in [0.1, 0.15) is 18.5 Å². The molecule has 1 atom stereocenters. The Hall–Kier alpha value is -2.58. The molecule has 28 heavy (non-hydrogen) atoms. The van der Waals surface area contributed by atoms with E-state index >= 15 is 0 Å². The average molecular weight is 392 g/mol. The second kappa shape index (κ2) is 10.1. The van der Waals surface area contributed by atoms with E-state index in [1.165, 1.54) is 18.3 Å². The number of hydrogen-bond acceptors (Lipinski definition) is 5. The van der Waals surface area contributed by atoms with E-state index in [2.05, 4.69) is 46.0 Å². The van der Waals surface area contributed by atoms with Gasteiger partial charge in [-0.2, -0.15) is 0 Å². The Kier molecular flexibility index (Phi) is 7.83. The third-order valence-corrected chi connectivity index (χ3v) is 4.78. The summed E-state index contributed by atoms with van der Waals surface area (Å²) in [6, 6.07) is 4.52. The van der Waals surface area contributed by atoms with Gasteiger partial charge in [0.2, 0.25) is 0 Å². The molecule has 2 aromatic rings. The maximum absolute atomic E-state index is 13.3. The summed E-state index contributed by atoms with van der Waals surface area (Å²) >= 11 is 0. The van der Waals surface area contributed by atoms with Crippen LogP contribution in [0.25, 0.3) is 10.9 Å². The first-order valence-electron chi connectivity index (χ1n) is 9.26. The number of aromatic amines is 1. The number of halogens is 2. The molecule has 0 spiro atoms. The number of hydrogen-bond donors (Lipinski definition) is 4. The highest BCUT2D eigenvalue weighted by Crippen LogP contribution is 2.20. The van der Waals surface area contributed by atoms with Crippen LogP contribution in [0, 0.1) is 11.6 Å². The summed E-state index contributed by atoms with van der Waals surface area (Å²) in [5.74, 6) is -0.932. The van der Waals surface area contributed by atoms with E-state index in [-0.39, 0.29) is 0 Å². The number of nitrogens with zero attached hydrogens (tertiary/aromatic N) is 2. The fourth-order valence-electron chi connectivity index (χ4n) is 3.45. The van der Waals surface area contributed by atoms with Crippen LogP contribution in [0.4, 0.5) is 8.78 Å². The first-order chi connectivity index (χ1) is 13.4. The van der Waals surface area contributed by atoms with Gasteiger partial charge in [0.1, 0.15) is 0 Å². The van der Waals surface area contributed by atoms with Crippen LogP contribution in [0.2, 0.25) is 0 Å². The lowest BCUT2D eigenvalue weighted by molar-refractivity contribution is 0.136. The van der Waals surface area contributed by atoms with Gasteiger partial charge in [0.25, 0.3) is 0 Å². The molecular formula is C20H30F2N6. The fraction of sp³-hybridized carbons (Fsp3) is 0.400. The molecule has 6 N–H and O–H groups in total. The fourth-order valence-corrected chi connectivity index (χ4v) is 3.45. The lowest BCUT2D eigenvalue weighted by Crippen LogP contribution is -2.50. The number of rotatable bonds is 6. The molecule has 1 fully saturated rings. The van der Waals surface area contributed by atoms with E-state index in [0.717, 1.165) is 37.4 Å². The van der Waals surface area contributed by atoms with Gasteiger partial charge in [-0.15, -0.1) is 0 Å². The number of likely N-dealkylation sites (N-methyl/N-ethyl adjacent to an activating group) is 1. The van der Waals surface area contributed by atoms with Crippen molar-refractivity contribution in [2.75, 3.05) is 26.8 Å². The molecule has 0 radical (unpaired) electrons. The van der Waals surface area contributed by atoms with E-state index < -0.39 is 11.6 Å². The van der Waals surface area contributed by atoms with Gasteiger partial charge in [-0.25, -0.2) is 8.78 Å². The molecule has 6 nitrogen and oxygen atoms in total. The molecule has 0 bridgehead atoms. The average Bonchev–Trinajstić information content (AvgIpc) is 3.03. The first-order valence-corrected chi connectivity index (χ1v) is 9.26. The molecule has 3 rings (SSSR count). The SMILES string of the molecule is C=C(NCc1cc2cc(F)c(F)cc2[nH]1)N(CN)C1CCCN(C)C1.C=CN. The number of nitrogens with one attached hydrogen (secondary N) is 2. The van der Waals surface area contributed by atoms with Crippen LogP contribution in [0.3, 0.4) is 0 Å². The van der Waals surface area contributed by atoms with Crippen LogP contribution in [0.15, 0.2) is 43.4 Å². The van der Waals surface area contributed by atoms with Crippen molar-refractivity contribution < 1.29 is 8.78 Å². The van der Waals surface area contributed by atoms with Crippen molar-refractivity contribution in [1.82, 2.24) is 20.1 Å². The topological polar surface area (TPSA) is 86.3 Å². The van der Waals surface area contributed by atoms with Gasteiger partial charge in [-0.3, -0.25) is 0 Å². The van der Waals surface area contributed by atoms with Gasteiger partial charge in [0.15, 0.2) is 11.6 Å². The second-order valence-electron chi connectivity index (χ2n) is 6.89. The van der Waals surface area contributed by atoms with Crippen LogP contribution in [-0.4, -0.2) is 47.6 Å². The Morgan fingerprint density at radius 2 is 2.07 bits per heavy atom. The Bertz CT molecular complexity index is 764. The molecular weight excluding hydrogens is 362 g/mol. The van der Waals surface area contributed by atoms with E-state index in [9.17, 15) is 8.78 Å². The van der Waals surface area contributed by atoms with Gasteiger partial charge in [-0.1, -0.05) is 13.2 Å². The highest BCUT2D eigenvalue weighted by atomic mass is 19.2. The minimum absolute atomic E-state index is 0.342. The molecule has 1 aromatic heterocycles. The Balaban J connectivity index is 0.000000878. The molecule has 0 amide bonds. The highest BCUT2D eigenvalue weighted by Gasteiger charge is 2.23. The Morgan fingerprint density at radius 1 is 1.39 bits per heavy atom. The number of benzene rings is 1. The van der Waals surface area contributed by atoms with Crippen LogP contribution in [-0.2, 0) is 6.54 Å². The molecule has 8 heteroatoms. The highest BCUT2D eigenvalue weighted by molar-refractivity contribution is 5.80. The summed E-state index contributed by atoms with van der Waals surface area (Å²) in [6.07, 6.45) is 3.48. The van der Waals surface area contributed by atoms with Crippen LogP contribution in [0.5, 0.6) is 0 Å². The van der Waals surface area contributed by atoms with Crippen molar-refractivity contribution >= 4 is 10.9 Å². The predicted octanol–water partition coefficient (Wildman–Crippen LogP) is 2.41. The largest absolute Gasteiger partial charge is 0.405 e. The first kappa shape index (κ1) is 21.7. The van der Waals surface area contributed by atoms with Crippen molar-refractivity contribution in [2.24, 2.45) is 11.5 Å². The third kappa shape index (κ3) is 5.46. The van der Waals surface area contributed by atoms with Gasteiger partial charge in [0.05, 0.1) is 19.0 Å². The molecule has 1 unspecified atom stereocenters. The van der Waals surface area contributed by atoms with Gasteiger partial charge >= 0.3 is 0 Å². The summed E-state index contributed by atoms with van der Waals surface area (Å²) < 4.78 is 26.6. The predicted molar refractivity (Wildman–Crippen MR) is 110 cm³/mol. The number of piperidine rings is 1. The van der Waals surface area contributed by atoms with E-state index in [4.69, 9.17) is 5.73 Å². The number of likely N-dealkylation sites (tertiary alicyclic amines) is 1. The zero-order valence-corrected chi connectivity index (χ0v) is 16.3. The second-order valence-corrected chi connectivity index (χ2v) is 6.89. The molecule has 1 aliphatic heterocycles. The number of aromatic nitrogens is 1. The molecule has 0 saturated carbocycles. The lowest BCUT2D eigenvalue weighted by Gasteiger charge is -2.39. The number of H-pyrrole nitrogens is 1. The van der Waals surface area contributed by atoms with Crippen molar-refractivity contribution in [2.45, 2.75) is 25.4 Å². The molecule has 154 valence electrons. The van der Waals surface area contributed by atoms with Crippen molar-refractivity contribution in [3.8, 4) is 0 Å². The quantitative estimate of drug-likeness (QED) is 0.567. The van der Waals surface area contributed by atoms with Crippen molar-refractivity contribution in [3.05, 3.63) is 60.7 Å². The molecule has 1 aliphatic rings. The summed E-state index contributed by atoms with van der Waals surface area (Å²) in [7, 11) is 2.11. The normalized spacial score (nSPS) is 16.9. The Labute approximate surface area is 164 Å². The van der Waals surface area contributed by atoms with Gasteiger partial charge < -0.3 is 31.6 Å². The van der Waals surface area contributed by atoms with Gasteiger partial charge in [0, 0.05) is 35.2 Å². The zero-order valence-electron chi connectivity index (χ0n) is 16.3. The van der Waals surface area contributed by atoms with E-state index in [0.29, 0.717) is 30.2 Å². The van der Waals surface area contributed by atoms with Gasteiger partial charge in [-0.05, 0) is 44.8 Å². The molecule has 1 aromatic carbocycles. The summed E-state index contributed by atoms with van der Waals surface area (Å²) in [5.41, 5.74) is 11.9. The lowest BCUT2D eigenvalue weighted by atomic mass is 10.1. The molecule has 1 saturated heterocycles. The standard InChI is InChI=1S/C18H25F2N5.C2H5N/c1-12(25(11-21)15-4-3-5-24(2)10-15)22-9-14-6-13-7-16(19)17(20)8-18(13)23-14;1-2-3/h6-8,15,22-23H,1,3-5,9-11,21H2,2H3;2H,1,3H2. The number of nitrogens with two attached hydrogens (primary N) is 2. The zero-order chi connectivity index (χ0) is 20.7. The van der Waals surface area contributed by atoms with Crippen molar-refractivity contribution in [1.29, 1.82) is 0 Å². The smallest absolute Gasteiger partial charge is 0.160 e. The minimum Gasteiger partial charge on any atom is -0.405 e. The number of fused-ring (bicyclic) bond motifs is 1. The maximum atomic E-state index is 13.3. The third-order valence-electron chi connectivity index (χ3n) is 4.78. The summed E-state index contributed by atoms with van der Waals surface area (Å²) in [6.45, 7) is 10.2. The minimum atomic E-state index is -0.853.